The highest BCUT2D eigenvalue weighted by Crippen LogP contribution is 2.29. The molecule has 1 heterocycles. The van der Waals surface area contributed by atoms with E-state index in [2.05, 4.69) is 30.1 Å². The van der Waals surface area contributed by atoms with E-state index in [1.165, 1.54) is 0 Å². The van der Waals surface area contributed by atoms with Gasteiger partial charge in [-0.25, -0.2) is 0 Å². The minimum atomic E-state index is -1.14. The lowest BCUT2D eigenvalue weighted by atomic mass is 9.92. The number of aromatic nitrogens is 3. The summed E-state index contributed by atoms with van der Waals surface area (Å²) in [5.41, 5.74) is 3.92. The zero-order valence-electron chi connectivity index (χ0n) is 19.2. The van der Waals surface area contributed by atoms with Gasteiger partial charge in [-0.1, -0.05) is 51.8 Å². The number of hydrogen-bond donors (Lipinski definition) is 1. The van der Waals surface area contributed by atoms with Gasteiger partial charge in [0, 0.05) is 21.8 Å². The molecular formula is C25H31N3O3S. The lowest BCUT2D eigenvalue weighted by Gasteiger charge is -2.19. The smallest absolute Gasteiger partial charge is 0.195 e. The van der Waals surface area contributed by atoms with Gasteiger partial charge in [0.15, 0.2) is 11.6 Å². The maximum atomic E-state index is 13.8. The molecule has 1 aromatic heterocycles. The molecule has 0 spiro atoms. The number of aryl methyl sites for hydroxylation is 3. The first-order chi connectivity index (χ1) is 15.4. The fraction of sp³-hybridized carbons (Fsp3) is 0.400. The number of benzene rings is 2. The highest BCUT2D eigenvalue weighted by atomic mass is 32.2. The normalized spacial score (nSPS) is 12.2. The van der Waals surface area contributed by atoms with Crippen molar-refractivity contribution in [2.24, 2.45) is 0 Å². The van der Waals surface area contributed by atoms with Crippen LogP contribution in [-0.2, 0) is 30.2 Å². The van der Waals surface area contributed by atoms with E-state index in [0.29, 0.717) is 33.4 Å². The van der Waals surface area contributed by atoms with Gasteiger partial charge >= 0.3 is 0 Å². The van der Waals surface area contributed by atoms with E-state index in [-0.39, 0.29) is 12.4 Å². The van der Waals surface area contributed by atoms with Crippen LogP contribution >= 0.6 is 0 Å². The molecule has 0 radical (unpaired) electrons. The Morgan fingerprint density at radius 2 is 1.81 bits per heavy atom. The van der Waals surface area contributed by atoms with Crippen molar-refractivity contribution in [2.45, 2.75) is 64.9 Å². The van der Waals surface area contributed by atoms with Gasteiger partial charge in [-0.15, -0.1) is 10.2 Å². The highest BCUT2D eigenvalue weighted by Gasteiger charge is 2.23. The number of carbonyl (C=O) groups is 1. The van der Waals surface area contributed by atoms with Crippen LogP contribution in [0.5, 0.6) is 0 Å². The van der Waals surface area contributed by atoms with Crippen molar-refractivity contribution in [3.05, 3.63) is 70.3 Å². The molecule has 0 aliphatic heterocycles. The van der Waals surface area contributed by atoms with Crippen LogP contribution in [0.1, 0.15) is 72.3 Å². The second-order valence-electron chi connectivity index (χ2n) is 7.80. The lowest BCUT2D eigenvalue weighted by molar-refractivity contribution is 0.103. The number of rotatable bonds is 10. The molecule has 6 nitrogen and oxygen atoms in total. The van der Waals surface area contributed by atoms with Gasteiger partial charge < -0.3 is 5.11 Å². The predicted octanol–water partition coefficient (Wildman–Crippen LogP) is 4.33. The van der Waals surface area contributed by atoms with E-state index >= 15 is 0 Å². The summed E-state index contributed by atoms with van der Waals surface area (Å²) in [6, 6.07) is 11.2. The van der Waals surface area contributed by atoms with Crippen LogP contribution < -0.4 is 0 Å². The summed E-state index contributed by atoms with van der Waals surface area (Å²) in [5, 5.41) is 18.1. The third kappa shape index (κ3) is 4.89. The van der Waals surface area contributed by atoms with E-state index in [1.807, 2.05) is 19.9 Å². The summed E-state index contributed by atoms with van der Waals surface area (Å²) in [6.07, 6.45) is 3.54. The zero-order valence-corrected chi connectivity index (χ0v) is 20.0. The van der Waals surface area contributed by atoms with Crippen molar-refractivity contribution >= 4 is 16.6 Å². The summed E-state index contributed by atoms with van der Waals surface area (Å²) < 4.78 is 14.1. The fourth-order valence-corrected chi connectivity index (χ4v) is 4.81. The first kappa shape index (κ1) is 24.0. The number of nitrogens with zero attached hydrogens (tertiary/aromatic N) is 3. The molecule has 3 rings (SSSR count). The molecule has 0 fully saturated rings. The molecule has 0 saturated heterocycles. The Morgan fingerprint density at radius 1 is 1.06 bits per heavy atom. The van der Waals surface area contributed by atoms with Crippen LogP contribution in [0.15, 0.2) is 41.3 Å². The number of carbonyl (C=O) groups excluding carboxylic acids is 1. The zero-order chi connectivity index (χ0) is 23.3. The third-order valence-electron chi connectivity index (χ3n) is 5.43. The van der Waals surface area contributed by atoms with E-state index in [9.17, 15) is 14.1 Å². The largest absolute Gasteiger partial charge is 0.388 e. The van der Waals surface area contributed by atoms with Crippen LogP contribution in [0.25, 0.3) is 5.69 Å². The SMILES string of the molecule is CCCc1cc(CCC)c(-n2c(C)nnc2CO)c(C(=O)c2cccc(S(=O)CC)c2)c1. The van der Waals surface area contributed by atoms with E-state index < -0.39 is 10.8 Å². The van der Waals surface area contributed by atoms with Gasteiger partial charge in [0.2, 0.25) is 0 Å². The number of ketones is 1. The van der Waals surface area contributed by atoms with Crippen molar-refractivity contribution in [2.75, 3.05) is 5.75 Å². The maximum Gasteiger partial charge on any atom is 0.195 e. The number of hydrogen-bond acceptors (Lipinski definition) is 5. The maximum absolute atomic E-state index is 13.8. The lowest BCUT2D eigenvalue weighted by Crippen LogP contribution is -2.15. The molecule has 170 valence electrons. The Hall–Kier alpha value is -2.64. The molecule has 7 heteroatoms. The van der Waals surface area contributed by atoms with Crippen molar-refractivity contribution < 1.29 is 14.1 Å². The molecule has 3 aromatic rings. The van der Waals surface area contributed by atoms with E-state index in [4.69, 9.17) is 0 Å². The second-order valence-corrected chi connectivity index (χ2v) is 9.54. The van der Waals surface area contributed by atoms with Gasteiger partial charge in [-0.05, 0) is 49.1 Å². The molecule has 2 aromatic carbocycles. The number of aliphatic hydroxyl groups excluding tert-OH is 1. The fourth-order valence-electron chi connectivity index (χ4n) is 3.99. The quantitative estimate of drug-likeness (QED) is 0.462. The summed E-state index contributed by atoms with van der Waals surface area (Å²) in [4.78, 5) is 14.5. The average molecular weight is 454 g/mol. The van der Waals surface area contributed by atoms with Gasteiger partial charge in [-0.3, -0.25) is 13.6 Å². The molecular weight excluding hydrogens is 422 g/mol. The molecule has 0 amide bonds. The molecule has 32 heavy (non-hydrogen) atoms. The monoisotopic (exact) mass is 453 g/mol. The Kier molecular flexibility index (Phi) is 8.10. The number of aliphatic hydroxyl groups is 1. The van der Waals surface area contributed by atoms with Gasteiger partial charge in [0.05, 0.1) is 16.5 Å². The molecule has 0 bridgehead atoms. The van der Waals surface area contributed by atoms with E-state index in [1.54, 1.807) is 28.8 Å². The van der Waals surface area contributed by atoms with Crippen LogP contribution in [0, 0.1) is 6.92 Å². The van der Waals surface area contributed by atoms with Crippen molar-refractivity contribution in [3.63, 3.8) is 0 Å². The van der Waals surface area contributed by atoms with E-state index in [0.717, 1.165) is 42.5 Å². The van der Waals surface area contributed by atoms with Crippen LogP contribution in [0.4, 0.5) is 0 Å². The van der Waals surface area contributed by atoms with Crippen molar-refractivity contribution in [3.8, 4) is 5.69 Å². The Morgan fingerprint density at radius 3 is 2.47 bits per heavy atom. The first-order valence-electron chi connectivity index (χ1n) is 11.2. The molecule has 1 unspecified atom stereocenters. The van der Waals surface area contributed by atoms with Gasteiger partial charge in [0.25, 0.3) is 0 Å². The minimum Gasteiger partial charge on any atom is -0.388 e. The second kappa shape index (κ2) is 10.8. The molecule has 0 aliphatic rings. The predicted molar refractivity (Wildman–Crippen MR) is 127 cm³/mol. The average Bonchev–Trinajstić information content (AvgIpc) is 3.18. The van der Waals surface area contributed by atoms with Crippen molar-refractivity contribution in [1.29, 1.82) is 0 Å². The van der Waals surface area contributed by atoms with Crippen LogP contribution in [-0.4, -0.2) is 35.6 Å². The first-order valence-corrected chi connectivity index (χ1v) is 12.5. The topological polar surface area (TPSA) is 85.1 Å². The summed E-state index contributed by atoms with van der Waals surface area (Å²) in [5.74, 6) is 1.37. The van der Waals surface area contributed by atoms with Crippen LogP contribution in [0.2, 0.25) is 0 Å². The standard InChI is InChI=1S/C25H31N3O3S/c1-5-9-18-13-19(10-6-2)24(28-17(4)26-27-23(28)16-29)22(14-18)25(30)20-11-8-12-21(15-20)32(31)7-3/h8,11-15,29H,5-7,9-10,16H2,1-4H3. The molecule has 1 N–H and O–H groups in total. The highest BCUT2D eigenvalue weighted by molar-refractivity contribution is 7.85. The van der Waals surface area contributed by atoms with Crippen LogP contribution in [0.3, 0.4) is 0 Å². The summed E-state index contributed by atoms with van der Waals surface area (Å²) in [6.45, 7) is 7.63. The molecule has 1 atom stereocenters. The minimum absolute atomic E-state index is 0.137. The molecule has 0 saturated carbocycles. The molecule has 0 aliphatic carbocycles. The summed E-state index contributed by atoms with van der Waals surface area (Å²) >= 11 is 0. The Labute approximate surface area is 192 Å². The van der Waals surface area contributed by atoms with Crippen molar-refractivity contribution in [1.82, 2.24) is 14.8 Å². The van der Waals surface area contributed by atoms with Gasteiger partial charge in [-0.2, -0.15) is 0 Å². The Balaban J connectivity index is 2.28. The Bertz CT molecular complexity index is 1140. The third-order valence-corrected chi connectivity index (χ3v) is 6.73. The van der Waals surface area contributed by atoms with Gasteiger partial charge in [0.1, 0.15) is 12.4 Å². The summed E-state index contributed by atoms with van der Waals surface area (Å²) in [7, 11) is -1.14.